The second-order valence-electron chi connectivity index (χ2n) is 4.37. The molecule has 0 aliphatic carbocycles. The van der Waals surface area contributed by atoms with E-state index < -0.39 is 0 Å². The highest BCUT2D eigenvalue weighted by atomic mass is 79.9. The molecule has 19 heavy (non-hydrogen) atoms. The van der Waals surface area contributed by atoms with Crippen LogP contribution in [0.2, 0.25) is 0 Å². The lowest BCUT2D eigenvalue weighted by Gasteiger charge is -2.10. The minimum absolute atomic E-state index is 0.495. The Labute approximate surface area is 127 Å². The van der Waals surface area contributed by atoms with Crippen LogP contribution in [0, 0.1) is 6.92 Å². The van der Waals surface area contributed by atoms with E-state index in [4.69, 9.17) is 5.73 Å². The molecule has 0 bridgehead atoms. The third kappa shape index (κ3) is 2.17. The zero-order valence-electron chi connectivity index (χ0n) is 10.2. The first-order valence-electron chi connectivity index (χ1n) is 5.76. The van der Waals surface area contributed by atoms with Crippen LogP contribution < -0.4 is 5.73 Å². The third-order valence-electron chi connectivity index (χ3n) is 3.05. The van der Waals surface area contributed by atoms with Crippen LogP contribution in [0.4, 0.5) is 5.95 Å². The largest absolute Gasteiger partial charge is 0.369 e. The molecule has 0 aliphatic heterocycles. The summed E-state index contributed by atoms with van der Waals surface area (Å²) < 4.78 is 4.00. The summed E-state index contributed by atoms with van der Waals surface area (Å²) in [6, 6.07) is 12.1. The van der Waals surface area contributed by atoms with Gasteiger partial charge >= 0.3 is 0 Å². The van der Waals surface area contributed by atoms with Crippen molar-refractivity contribution < 1.29 is 0 Å². The fraction of sp³-hybridized carbons (Fsp3) is 0.0714. The van der Waals surface area contributed by atoms with Gasteiger partial charge in [0.05, 0.1) is 16.7 Å². The van der Waals surface area contributed by atoms with Crippen molar-refractivity contribution in [2.75, 3.05) is 5.73 Å². The van der Waals surface area contributed by atoms with E-state index in [1.807, 2.05) is 34.9 Å². The molecule has 0 saturated carbocycles. The summed E-state index contributed by atoms with van der Waals surface area (Å²) >= 11 is 6.99. The molecule has 2 N–H and O–H groups in total. The molecule has 0 atom stereocenters. The van der Waals surface area contributed by atoms with E-state index in [0.29, 0.717) is 5.95 Å². The summed E-state index contributed by atoms with van der Waals surface area (Å²) in [7, 11) is 0. The molecule has 0 saturated heterocycles. The summed E-state index contributed by atoms with van der Waals surface area (Å²) in [5.74, 6) is 0.495. The molecule has 0 spiro atoms. The average Bonchev–Trinajstić information content (AvgIpc) is 2.68. The van der Waals surface area contributed by atoms with E-state index in [1.54, 1.807) is 0 Å². The minimum atomic E-state index is 0.495. The van der Waals surface area contributed by atoms with Crippen molar-refractivity contribution in [3.63, 3.8) is 0 Å². The summed E-state index contributed by atoms with van der Waals surface area (Å²) in [6.45, 7) is 2.06. The number of anilines is 1. The molecule has 0 aliphatic rings. The van der Waals surface area contributed by atoms with Crippen LogP contribution in [0.15, 0.2) is 45.3 Å². The van der Waals surface area contributed by atoms with Gasteiger partial charge in [-0.05, 0) is 42.8 Å². The fourth-order valence-corrected chi connectivity index (χ4v) is 2.84. The van der Waals surface area contributed by atoms with Gasteiger partial charge < -0.3 is 5.73 Å². The number of rotatable bonds is 1. The highest BCUT2D eigenvalue weighted by molar-refractivity contribution is 9.10. The first-order valence-corrected chi connectivity index (χ1v) is 7.35. The van der Waals surface area contributed by atoms with Crippen molar-refractivity contribution in [3.8, 4) is 5.69 Å². The number of imidazole rings is 1. The number of benzene rings is 2. The molecule has 5 heteroatoms. The minimum Gasteiger partial charge on any atom is -0.369 e. The molecular weight excluding hydrogens is 370 g/mol. The Bertz CT molecular complexity index is 778. The quantitative estimate of drug-likeness (QED) is 0.678. The van der Waals surface area contributed by atoms with Gasteiger partial charge in [-0.3, -0.25) is 4.57 Å². The van der Waals surface area contributed by atoms with Gasteiger partial charge in [0.1, 0.15) is 0 Å². The molecule has 1 aromatic heterocycles. The van der Waals surface area contributed by atoms with E-state index in [-0.39, 0.29) is 0 Å². The molecule has 0 radical (unpaired) electrons. The third-order valence-corrected chi connectivity index (χ3v) is 4.04. The average molecular weight is 381 g/mol. The molecular formula is C14H11Br2N3. The molecule has 1 heterocycles. The van der Waals surface area contributed by atoms with Gasteiger partial charge in [0.25, 0.3) is 0 Å². The zero-order chi connectivity index (χ0) is 13.6. The van der Waals surface area contributed by atoms with Crippen LogP contribution in [0.1, 0.15) is 5.56 Å². The second kappa shape index (κ2) is 4.65. The van der Waals surface area contributed by atoms with Crippen LogP contribution in [-0.2, 0) is 0 Å². The molecule has 0 fully saturated rings. The van der Waals surface area contributed by atoms with Crippen molar-refractivity contribution in [1.82, 2.24) is 9.55 Å². The lowest BCUT2D eigenvalue weighted by atomic mass is 10.2. The van der Waals surface area contributed by atoms with Gasteiger partial charge in [0.15, 0.2) is 0 Å². The zero-order valence-corrected chi connectivity index (χ0v) is 13.4. The number of nitrogen functional groups attached to an aromatic ring is 1. The van der Waals surface area contributed by atoms with E-state index in [9.17, 15) is 0 Å². The number of aromatic nitrogens is 2. The SMILES string of the molecule is Cc1ccc(Br)cc1-n1c(N)nc2ccc(Br)cc21. The van der Waals surface area contributed by atoms with E-state index in [2.05, 4.69) is 49.8 Å². The first-order chi connectivity index (χ1) is 9.06. The molecule has 3 rings (SSSR count). The Morgan fingerprint density at radius 1 is 1.05 bits per heavy atom. The number of halogens is 2. The van der Waals surface area contributed by atoms with Crippen LogP contribution in [-0.4, -0.2) is 9.55 Å². The Balaban J connectivity index is 2.38. The second-order valence-corrected chi connectivity index (χ2v) is 6.20. The molecule has 0 unspecified atom stereocenters. The van der Waals surface area contributed by atoms with E-state index >= 15 is 0 Å². The van der Waals surface area contributed by atoms with Crippen molar-refractivity contribution in [1.29, 1.82) is 0 Å². The maximum absolute atomic E-state index is 6.08. The van der Waals surface area contributed by atoms with E-state index in [0.717, 1.165) is 31.2 Å². The lowest BCUT2D eigenvalue weighted by Crippen LogP contribution is -2.02. The normalized spacial score (nSPS) is 11.1. The summed E-state index contributed by atoms with van der Waals surface area (Å²) in [5.41, 5.74) is 10.1. The number of nitrogens with two attached hydrogens (primary N) is 1. The molecule has 96 valence electrons. The summed E-state index contributed by atoms with van der Waals surface area (Å²) in [5, 5.41) is 0. The maximum atomic E-state index is 6.08. The van der Waals surface area contributed by atoms with Gasteiger partial charge in [-0.1, -0.05) is 37.9 Å². The van der Waals surface area contributed by atoms with Gasteiger partial charge in [-0.25, -0.2) is 4.98 Å². The standard InChI is InChI=1S/C14H11Br2N3/c1-8-2-3-9(15)6-12(8)19-13-7-10(16)4-5-11(13)18-14(19)17/h2-7H,1H3,(H2,17,18). The maximum Gasteiger partial charge on any atom is 0.205 e. The Kier molecular flexibility index (Phi) is 3.11. The Morgan fingerprint density at radius 3 is 2.53 bits per heavy atom. The highest BCUT2D eigenvalue weighted by Gasteiger charge is 2.12. The topological polar surface area (TPSA) is 43.8 Å². The van der Waals surface area contributed by atoms with Crippen LogP contribution >= 0.6 is 31.9 Å². The lowest BCUT2D eigenvalue weighted by molar-refractivity contribution is 1.09. The summed E-state index contributed by atoms with van der Waals surface area (Å²) in [6.07, 6.45) is 0. The first kappa shape index (κ1) is 12.7. The number of hydrogen-bond donors (Lipinski definition) is 1. The molecule has 3 nitrogen and oxygen atoms in total. The molecule has 3 aromatic rings. The van der Waals surface area contributed by atoms with Crippen molar-refractivity contribution in [2.24, 2.45) is 0 Å². The van der Waals surface area contributed by atoms with Gasteiger partial charge in [-0.15, -0.1) is 0 Å². The molecule has 2 aromatic carbocycles. The number of nitrogens with zero attached hydrogens (tertiary/aromatic N) is 2. The van der Waals surface area contributed by atoms with Crippen LogP contribution in [0.3, 0.4) is 0 Å². The number of fused-ring (bicyclic) bond motifs is 1. The molecule has 0 amide bonds. The smallest absolute Gasteiger partial charge is 0.205 e. The predicted molar refractivity (Wildman–Crippen MR) is 85.6 cm³/mol. The van der Waals surface area contributed by atoms with Gasteiger partial charge in [0.2, 0.25) is 5.95 Å². The van der Waals surface area contributed by atoms with E-state index in [1.165, 1.54) is 0 Å². The van der Waals surface area contributed by atoms with Gasteiger partial charge in [0, 0.05) is 8.95 Å². The predicted octanol–water partition coefficient (Wildman–Crippen LogP) is 4.44. The Hall–Kier alpha value is -1.33. The monoisotopic (exact) mass is 379 g/mol. The number of aryl methyl sites for hydroxylation is 1. The number of hydrogen-bond acceptors (Lipinski definition) is 2. The highest BCUT2D eigenvalue weighted by Crippen LogP contribution is 2.29. The fourth-order valence-electron chi connectivity index (χ4n) is 2.14. The summed E-state index contributed by atoms with van der Waals surface area (Å²) in [4.78, 5) is 4.41. The van der Waals surface area contributed by atoms with Crippen molar-refractivity contribution in [2.45, 2.75) is 6.92 Å². The van der Waals surface area contributed by atoms with Crippen LogP contribution in [0.25, 0.3) is 16.7 Å². The Morgan fingerprint density at radius 2 is 1.74 bits per heavy atom. The van der Waals surface area contributed by atoms with Crippen molar-refractivity contribution in [3.05, 3.63) is 50.9 Å². The van der Waals surface area contributed by atoms with Crippen molar-refractivity contribution >= 4 is 48.8 Å². The van der Waals surface area contributed by atoms with Gasteiger partial charge in [-0.2, -0.15) is 0 Å². The van der Waals surface area contributed by atoms with Crippen LogP contribution in [0.5, 0.6) is 0 Å².